The number of benzene rings is 2. The minimum atomic E-state index is 0.758. The Labute approximate surface area is 157 Å². The normalized spacial score (nSPS) is 21.3. The number of hydrogen-bond donors (Lipinski definition) is 0. The van der Waals surface area contributed by atoms with Gasteiger partial charge in [-0.3, -0.25) is 9.80 Å². The topological polar surface area (TPSA) is 6.48 Å². The molecular weight excluding hydrogens is 316 g/mol. The first-order valence-corrected chi connectivity index (χ1v) is 10.00. The van der Waals surface area contributed by atoms with Crippen molar-refractivity contribution in [3.63, 3.8) is 0 Å². The lowest BCUT2D eigenvalue weighted by Crippen LogP contribution is -2.46. The van der Waals surface area contributed by atoms with Crippen molar-refractivity contribution in [2.75, 3.05) is 26.2 Å². The SMILES string of the molecule is C(#Cc1ccccc1CN1CCCC(N2CCCC2)C1)c1ccccc1. The van der Waals surface area contributed by atoms with Gasteiger partial charge in [-0.1, -0.05) is 48.2 Å². The van der Waals surface area contributed by atoms with Crippen molar-refractivity contribution in [3.8, 4) is 11.8 Å². The molecule has 2 heteroatoms. The fourth-order valence-electron chi connectivity index (χ4n) is 4.26. The summed E-state index contributed by atoms with van der Waals surface area (Å²) in [5.41, 5.74) is 3.60. The number of likely N-dealkylation sites (tertiary alicyclic amines) is 2. The predicted octanol–water partition coefficient (Wildman–Crippen LogP) is 4.15. The smallest absolute Gasteiger partial charge is 0.0294 e. The van der Waals surface area contributed by atoms with Crippen LogP contribution in [0.15, 0.2) is 54.6 Å². The van der Waals surface area contributed by atoms with E-state index in [0.29, 0.717) is 0 Å². The third kappa shape index (κ3) is 4.36. The van der Waals surface area contributed by atoms with Crippen LogP contribution < -0.4 is 0 Å². The standard InChI is InChI=1S/C24H28N2/c1-2-9-21(10-3-1)14-15-22-11-4-5-12-23(22)19-25-16-8-13-24(20-25)26-17-6-7-18-26/h1-5,9-12,24H,6-8,13,16-20H2. The molecule has 2 heterocycles. The van der Waals surface area contributed by atoms with Gasteiger partial charge < -0.3 is 0 Å². The van der Waals surface area contributed by atoms with Gasteiger partial charge in [0.15, 0.2) is 0 Å². The van der Waals surface area contributed by atoms with Crippen LogP contribution >= 0.6 is 0 Å². The predicted molar refractivity (Wildman–Crippen MR) is 108 cm³/mol. The highest BCUT2D eigenvalue weighted by atomic mass is 15.2. The second-order valence-corrected chi connectivity index (χ2v) is 7.55. The molecule has 0 aromatic heterocycles. The third-order valence-electron chi connectivity index (χ3n) is 5.66. The summed E-state index contributed by atoms with van der Waals surface area (Å²) in [6.07, 6.45) is 5.45. The molecule has 26 heavy (non-hydrogen) atoms. The van der Waals surface area contributed by atoms with Gasteiger partial charge in [0.1, 0.15) is 0 Å². The molecule has 2 fully saturated rings. The van der Waals surface area contributed by atoms with E-state index in [-0.39, 0.29) is 0 Å². The first-order chi connectivity index (χ1) is 12.9. The Hall–Kier alpha value is -2.08. The first kappa shape index (κ1) is 17.3. The molecule has 2 aromatic carbocycles. The third-order valence-corrected chi connectivity index (χ3v) is 5.66. The lowest BCUT2D eigenvalue weighted by molar-refractivity contribution is 0.110. The monoisotopic (exact) mass is 344 g/mol. The Kier molecular flexibility index (Phi) is 5.69. The van der Waals surface area contributed by atoms with E-state index in [1.54, 1.807) is 0 Å². The average Bonchev–Trinajstić information content (AvgIpc) is 3.23. The summed E-state index contributed by atoms with van der Waals surface area (Å²) < 4.78 is 0. The second kappa shape index (κ2) is 8.54. The van der Waals surface area contributed by atoms with Crippen molar-refractivity contribution >= 4 is 0 Å². The van der Waals surface area contributed by atoms with Crippen LogP contribution in [-0.4, -0.2) is 42.0 Å². The molecular formula is C24H28N2. The molecule has 2 saturated heterocycles. The number of hydrogen-bond acceptors (Lipinski definition) is 2. The molecule has 0 N–H and O–H groups in total. The highest BCUT2D eigenvalue weighted by molar-refractivity contribution is 5.46. The summed E-state index contributed by atoms with van der Waals surface area (Å²) in [5.74, 6) is 6.71. The Morgan fingerprint density at radius 2 is 1.58 bits per heavy atom. The van der Waals surface area contributed by atoms with Crippen molar-refractivity contribution in [2.45, 2.75) is 38.3 Å². The first-order valence-electron chi connectivity index (χ1n) is 10.00. The highest BCUT2D eigenvalue weighted by Gasteiger charge is 2.27. The van der Waals surface area contributed by atoms with Crippen molar-refractivity contribution < 1.29 is 0 Å². The summed E-state index contributed by atoms with van der Waals surface area (Å²) in [4.78, 5) is 5.35. The minimum absolute atomic E-state index is 0.758. The van der Waals surface area contributed by atoms with Gasteiger partial charge in [0.2, 0.25) is 0 Å². The zero-order valence-corrected chi connectivity index (χ0v) is 15.5. The van der Waals surface area contributed by atoms with Crippen LogP contribution in [0.5, 0.6) is 0 Å². The molecule has 0 spiro atoms. The van der Waals surface area contributed by atoms with E-state index in [0.717, 1.165) is 18.2 Å². The van der Waals surface area contributed by atoms with Gasteiger partial charge in [-0.25, -0.2) is 0 Å². The van der Waals surface area contributed by atoms with Gasteiger partial charge >= 0.3 is 0 Å². The summed E-state index contributed by atoms with van der Waals surface area (Å²) in [6.45, 7) is 6.05. The fourth-order valence-corrected chi connectivity index (χ4v) is 4.26. The Morgan fingerprint density at radius 3 is 2.42 bits per heavy atom. The lowest BCUT2D eigenvalue weighted by Gasteiger charge is -2.37. The Balaban J connectivity index is 1.45. The van der Waals surface area contributed by atoms with Crippen LogP contribution in [0.25, 0.3) is 0 Å². The van der Waals surface area contributed by atoms with E-state index in [1.165, 1.54) is 63.0 Å². The maximum absolute atomic E-state index is 3.40. The van der Waals surface area contributed by atoms with Crippen molar-refractivity contribution in [3.05, 3.63) is 71.3 Å². The van der Waals surface area contributed by atoms with Crippen molar-refractivity contribution in [1.82, 2.24) is 9.80 Å². The maximum Gasteiger partial charge on any atom is 0.0294 e. The highest BCUT2D eigenvalue weighted by Crippen LogP contribution is 2.22. The van der Waals surface area contributed by atoms with E-state index in [2.05, 4.69) is 58.0 Å². The van der Waals surface area contributed by atoms with Crippen LogP contribution in [0, 0.1) is 11.8 Å². The average molecular weight is 345 g/mol. The molecule has 2 aromatic rings. The minimum Gasteiger partial charge on any atom is -0.299 e. The van der Waals surface area contributed by atoms with E-state index in [9.17, 15) is 0 Å². The van der Waals surface area contributed by atoms with Gasteiger partial charge in [-0.2, -0.15) is 0 Å². The zero-order valence-electron chi connectivity index (χ0n) is 15.5. The second-order valence-electron chi connectivity index (χ2n) is 7.55. The molecule has 2 aliphatic heterocycles. The largest absolute Gasteiger partial charge is 0.299 e. The molecule has 2 nitrogen and oxygen atoms in total. The van der Waals surface area contributed by atoms with E-state index in [1.807, 2.05) is 18.2 Å². The Bertz CT molecular complexity index is 766. The van der Waals surface area contributed by atoms with Crippen LogP contribution in [0.3, 0.4) is 0 Å². The van der Waals surface area contributed by atoms with Gasteiger partial charge in [0, 0.05) is 30.3 Å². The molecule has 2 aliphatic rings. The van der Waals surface area contributed by atoms with Crippen LogP contribution in [0.2, 0.25) is 0 Å². The number of piperidine rings is 1. The molecule has 4 rings (SSSR count). The van der Waals surface area contributed by atoms with Crippen molar-refractivity contribution in [2.24, 2.45) is 0 Å². The number of rotatable bonds is 3. The molecule has 0 radical (unpaired) electrons. The van der Waals surface area contributed by atoms with E-state index < -0.39 is 0 Å². The van der Waals surface area contributed by atoms with Crippen LogP contribution in [0.4, 0.5) is 0 Å². The molecule has 134 valence electrons. The van der Waals surface area contributed by atoms with Gasteiger partial charge in [-0.05, 0) is 69.1 Å². The van der Waals surface area contributed by atoms with E-state index in [4.69, 9.17) is 0 Å². The van der Waals surface area contributed by atoms with Gasteiger partial charge in [0.05, 0.1) is 0 Å². The summed E-state index contributed by atoms with van der Waals surface area (Å²) in [5, 5.41) is 0. The van der Waals surface area contributed by atoms with Gasteiger partial charge in [-0.15, -0.1) is 0 Å². The molecule has 1 atom stereocenters. The molecule has 0 aliphatic carbocycles. The van der Waals surface area contributed by atoms with Crippen molar-refractivity contribution in [1.29, 1.82) is 0 Å². The molecule has 0 bridgehead atoms. The molecule has 0 saturated carbocycles. The van der Waals surface area contributed by atoms with Crippen LogP contribution in [0.1, 0.15) is 42.4 Å². The lowest BCUT2D eigenvalue weighted by atomic mass is 10.0. The number of nitrogens with zero attached hydrogens (tertiary/aromatic N) is 2. The quantitative estimate of drug-likeness (QED) is 0.772. The summed E-state index contributed by atoms with van der Waals surface area (Å²) >= 11 is 0. The van der Waals surface area contributed by atoms with E-state index >= 15 is 0 Å². The van der Waals surface area contributed by atoms with Gasteiger partial charge in [0.25, 0.3) is 0 Å². The van der Waals surface area contributed by atoms with Crippen LogP contribution in [-0.2, 0) is 6.54 Å². The molecule has 0 amide bonds. The summed E-state index contributed by atoms with van der Waals surface area (Å²) in [7, 11) is 0. The molecule has 1 unspecified atom stereocenters. The zero-order chi connectivity index (χ0) is 17.6. The fraction of sp³-hybridized carbons (Fsp3) is 0.417. The summed E-state index contributed by atoms with van der Waals surface area (Å²) in [6, 6.07) is 19.7. The maximum atomic E-state index is 3.40. The Morgan fingerprint density at radius 1 is 0.808 bits per heavy atom.